The number of aromatic nitrogens is 1. The van der Waals surface area contributed by atoms with Crippen LogP contribution in [0.25, 0.3) is 6.08 Å². The van der Waals surface area contributed by atoms with Crippen LogP contribution in [-0.2, 0) is 11.2 Å². The lowest BCUT2D eigenvalue weighted by atomic mass is 10.00. The van der Waals surface area contributed by atoms with E-state index in [-0.39, 0.29) is 0 Å². The van der Waals surface area contributed by atoms with Crippen molar-refractivity contribution >= 4 is 17.6 Å². The first-order valence-corrected chi connectivity index (χ1v) is 10.7. The maximum atomic E-state index is 5.60. The van der Waals surface area contributed by atoms with Crippen molar-refractivity contribution in [1.29, 1.82) is 0 Å². The summed E-state index contributed by atoms with van der Waals surface area (Å²) in [7, 11) is 3.86. The molecule has 2 aliphatic rings. The Kier molecular flexibility index (Phi) is 6.16. The molecular weight excluding hydrogens is 374 g/mol. The first-order chi connectivity index (χ1) is 14.6. The lowest BCUT2D eigenvalue weighted by Crippen LogP contribution is -2.24. The number of fused-ring (bicyclic) bond motifs is 4. The number of hydrogen-bond acceptors (Lipinski definition) is 6. The lowest BCUT2D eigenvalue weighted by Gasteiger charge is -2.16. The SMILES string of the molecule is COC1=CCc2c3c(ccc2=C1)=c1c(NCCCN(C)CCCN)ncc(C)c1=N3. The smallest absolute Gasteiger partial charge is 0.136 e. The molecule has 0 saturated heterocycles. The minimum atomic E-state index is 0.745. The van der Waals surface area contributed by atoms with Gasteiger partial charge in [0.2, 0.25) is 0 Å². The molecule has 0 unspecified atom stereocenters. The number of pyridine rings is 1. The van der Waals surface area contributed by atoms with Gasteiger partial charge in [0.1, 0.15) is 11.6 Å². The average Bonchev–Trinajstić information content (AvgIpc) is 3.17. The lowest BCUT2D eigenvalue weighted by molar-refractivity contribution is 0.311. The summed E-state index contributed by atoms with van der Waals surface area (Å²) in [6, 6.07) is 4.34. The second-order valence-corrected chi connectivity index (χ2v) is 8.04. The number of hydrogen-bond donors (Lipinski definition) is 2. The van der Waals surface area contributed by atoms with Crippen molar-refractivity contribution in [3.63, 3.8) is 0 Å². The standard InChI is InChI=1S/C24H31N5O/c1-16-15-27-24(26-11-5-13-29(2)12-4-10-25)21-20-8-6-17-14-18(30-3)7-9-19(17)23(20)28-22(16)21/h6-8,14-15H,4-5,9-13,25H2,1-3H3,(H,26,27). The summed E-state index contributed by atoms with van der Waals surface area (Å²) >= 11 is 0. The van der Waals surface area contributed by atoms with E-state index in [1.54, 1.807) is 7.11 Å². The predicted octanol–water partition coefficient (Wildman–Crippen LogP) is 1.89. The highest BCUT2D eigenvalue weighted by Crippen LogP contribution is 2.26. The van der Waals surface area contributed by atoms with Crippen LogP contribution in [0.1, 0.15) is 24.0 Å². The van der Waals surface area contributed by atoms with Crippen molar-refractivity contribution < 1.29 is 4.74 Å². The molecule has 0 radical (unpaired) electrons. The van der Waals surface area contributed by atoms with Crippen molar-refractivity contribution in [3.8, 4) is 0 Å². The summed E-state index contributed by atoms with van der Waals surface area (Å²) in [5.74, 6) is 1.84. The number of nitrogens with zero attached hydrogens (tertiary/aromatic N) is 3. The number of nitrogens with two attached hydrogens (primary N) is 1. The molecule has 1 aromatic carbocycles. The van der Waals surface area contributed by atoms with Crippen LogP contribution in [0.15, 0.2) is 35.2 Å². The van der Waals surface area contributed by atoms with E-state index in [4.69, 9.17) is 20.4 Å². The van der Waals surface area contributed by atoms with E-state index in [1.807, 2.05) is 6.20 Å². The summed E-state index contributed by atoms with van der Waals surface area (Å²) in [6.45, 7) is 5.79. The minimum Gasteiger partial charge on any atom is -0.497 e. The zero-order chi connectivity index (χ0) is 21.1. The molecule has 4 rings (SSSR count). The number of nitrogens with one attached hydrogen (secondary N) is 1. The summed E-state index contributed by atoms with van der Waals surface area (Å²) in [6.07, 6.45) is 9.05. The first-order valence-electron chi connectivity index (χ1n) is 10.7. The van der Waals surface area contributed by atoms with Gasteiger partial charge in [0.25, 0.3) is 0 Å². The van der Waals surface area contributed by atoms with Crippen molar-refractivity contribution in [3.05, 3.63) is 62.3 Å². The van der Waals surface area contributed by atoms with Gasteiger partial charge in [-0.2, -0.15) is 0 Å². The molecule has 3 N–H and O–H groups in total. The zero-order valence-corrected chi connectivity index (χ0v) is 18.2. The van der Waals surface area contributed by atoms with E-state index in [0.29, 0.717) is 0 Å². The molecule has 6 nitrogen and oxygen atoms in total. The van der Waals surface area contributed by atoms with Gasteiger partial charge in [-0.1, -0.05) is 12.1 Å². The Morgan fingerprint density at radius 3 is 2.87 bits per heavy atom. The third kappa shape index (κ3) is 3.98. The molecule has 1 aromatic heterocycles. The Morgan fingerprint density at radius 1 is 1.23 bits per heavy atom. The Hall–Kier alpha value is -2.70. The molecule has 0 atom stereocenters. The molecule has 30 heavy (non-hydrogen) atoms. The molecule has 2 heterocycles. The van der Waals surface area contributed by atoms with Gasteiger partial charge in [-0.25, -0.2) is 9.98 Å². The largest absolute Gasteiger partial charge is 0.497 e. The van der Waals surface area contributed by atoms with Crippen molar-refractivity contribution in [2.45, 2.75) is 26.2 Å². The molecule has 6 heteroatoms. The minimum absolute atomic E-state index is 0.745. The monoisotopic (exact) mass is 405 g/mol. The third-order valence-corrected chi connectivity index (χ3v) is 5.84. The highest BCUT2D eigenvalue weighted by molar-refractivity contribution is 5.61. The van der Waals surface area contributed by atoms with Crippen LogP contribution in [0.2, 0.25) is 0 Å². The molecule has 0 bridgehead atoms. The highest BCUT2D eigenvalue weighted by atomic mass is 16.5. The summed E-state index contributed by atoms with van der Waals surface area (Å²) in [4.78, 5) is 12.1. The molecule has 158 valence electrons. The molecule has 0 saturated carbocycles. The van der Waals surface area contributed by atoms with Gasteiger partial charge in [-0.3, -0.25) is 0 Å². The Labute approximate surface area is 177 Å². The van der Waals surface area contributed by atoms with Crippen LogP contribution in [-0.4, -0.2) is 50.2 Å². The molecule has 0 fully saturated rings. The molecule has 0 spiro atoms. The van der Waals surface area contributed by atoms with Gasteiger partial charge in [0.05, 0.1) is 23.4 Å². The number of ether oxygens (including phenoxy) is 1. The second kappa shape index (κ2) is 8.98. The van der Waals surface area contributed by atoms with Crippen LogP contribution in [0, 0.1) is 17.4 Å². The van der Waals surface area contributed by atoms with Crippen LogP contribution in [0.5, 0.6) is 0 Å². The zero-order valence-electron chi connectivity index (χ0n) is 18.2. The Bertz CT molecular complexity index is 1190. The first kappa shape index (κ1) is 20.6. The highest BCUT2D eigenvalue weighted by Gasteiger charge is 2.16. The van der Waals surface area contributed by atoms with E-state index >= 15 is 0 Å². The molecule has 0 amide bonds. The quantitative estimate of drug-likeness (QED) is 0.532. The van der Waals surface area contributed by atoms with Crippen molar-refractivity contribution in [1.82, 2.24) is 9.88 Å². The molecular formula is C24H31N5O. The number of aryl methyl sites for hydroxylation is 1. The Balaban J connectivity index is 1.63. The molecule has 1 aliphatic heterocycles. The van der Waals surface area contributed by atoms with Crippen LogP contribution >= 0.6 is 0 Å². The van der Waals surface area contributed by atoms with Gasteiger partial charge >= 0.3 is 0 Å². The number of allylic oxidation sites excluding steroid dienone is 2. The number of methoxy groups -OCH3 is 1. The number of benzene rings is 1. The average molecular weight is 406 g/mol. The fourth-order valence-corrected chi connectivity index (χ4v) is 4.16. The van der Waals surface area contributed by atoms with E-state index in [0.717, 1.165) is 78.8 Å². The van der Waals surface area contributed by atoms with Gasteiger partial charge in [0.15, 0.2) is 0 Å². The van der Waals surface area contributed by atoms with Gasteiger partial charge in [-0.05, 0) is 81.4 Å². The van der Waals surface area contributed by atoms with Crippen molar-refractivity contribution in [2.75, 3.05) is 45.7 Å². The number of rotatable bonds is 9. The van der Waals surface area contributed by atoms with Crippen LogP contribution < -0.4 is 21.6 Å². The summed E-state index contributed by atoms with van der Waals surface area (Å²) < 4.78 is 5.41. The fraction of sp³-hybridized carbons (Fsp3) is 0.417. The predicted molar refractivity (Wildman–Crippen MR) is 121 cm³/mol. The van der Waals surface area contributed by atoms with Gasteiger partial charge < -0.3 is 20.7 Å². The third-order valence-electron chi connectivity index (χ3n) is 5.84. The van der Waals surface area contributed by atoms with Crippen LogP contribution in [0.4, 0.5) is 11.5 Å². The van der Waals surface area contributed by atoms with E-state index in [9.17, 15) is 0 Å². The van der Waals surface area contributed by atoms with E-state index in [2.05, 4.69) is 48.5 Å². The van der Waals surface area contributed by atoms with Gasteiger partial charge in [0, 0.05) is 18.0 Å². The van der Waals surface area contributed by atoms with E-state index in [1.165, 1.54) is 16.0 Å². The topological polar surface area (TPSA) is 75.8 Å². The number of anilines is 1. The van der Waals surface area contributed by atoms with Crippen LogP contribution in [0.3, 0.4) is 0 Å². The molecule has 2 aromatic rings. The van der Waals surface area contributed by atoms with Crippen molar-refractivity contribution in [2.24, 2.45) is 10.7 Å². The Morgan fingerprint density at radius 2 is 2.07 bits per heavy atom. The maximum absolute atomic E-state index is 5.60. The van der Waals surface area contributed by atoms with Gasteiger partial charge in [-0.15, -0.1) is 0 Å². The fourth-order valence-electron chi connectivity index (χ4n) is 4.16. The second-order valence-electron chi connectivity index (χ2n) is 8.04. The molecule has 1 aliphatic carbocycles. The maximum Gasteiger partial charge on any atom is 0.136 e. The van der Waals surface area contributed by atoms with E-state index < -0.39 is 0 Å². The summed E-state index contributed by atoms with van der Waals surface area (Å²) in [5, 5.41) is 8.09. The summed E-state index contributed by atoms with van der Waals surface area (Å²) in [5.41, 5.74) is 9.04. The normalized spacial score (nSPS) is 13.7.